The minimum Gasteiger partial charge on any atom is -0.466 e. The van der Waals surface area contributed by atoms with Gasteiger partial charge in [0.1, 0.15) is 11.5 Å². The third-order valence-electron chi connectivity index (χ3n) is 3.58. The van der Waals surface area contributed by atoms with E-state index in [-0.39, 0.29) is 5.91 Å². The van der Waals surface area contributed by atoms with Gasteiger partial charge >= 0.3 is 0 Å². The van der Waals surface area contributed by atoms with Crippen molar-refractivity contribution in [1.29, 1.82) is 0 Å². The fourth-order valence-corrected chi connectivity index (χ4v) is 2.25. The molecule has 0 saturated carbocycles. The summed E-state index contributed by atoms with van der Waals surface area (Å²) in [7, 11) is 4.03. The molecule has 0 aliphatic carbocycles. The maximum absolute atomic E-state index is 11.8. The van der Waals surface area contributed by atoms with Crippen LogP contribution in [0.25, 0.3) is 0 Å². The second-order valence-electron chi connectivity index (χ2n) is 5.67. The molecule has 2 aromatic rings. The number of rotatable bonds is 7. The molecule has 1 N–H and O–H groups in total. The summed E-state index contributed by atoms with van der Waals surface area (Å²) >= 11 is 0. The molecule has 0 radical (unpaired) electrons. The molecular weight excluding hydrogens is 276 g/mol. The van der Waals surface area contributed by atoms with Crippen LogP contribution in [-0.4, -0.2) is 26.5 Å². The van der Waals surface area contributed by atoms with Gasteiger partial charge in [-0.05, 0) is 43.2 Å². The number of nitrogens with one attached hydrogen (secondary N) is 1. The summed E-state index contributed by atoms with van der Waals surface area (Å²) in [5.41, 5.74) is 2.35. The van der Waals surface area contributed by atoms with Gasteiger partial charge in [0.2, 0.25) is 5.91 Å². The Balaban J connectivity index is 1.68. The normalized spacial score (nSPS) is 10.5. The molecule has 1 amide bonds. The van der Waals surface area contributed by atoms with Crippen LogP contribution in [0.15, 0.2) is 40.8 Å². The van der Waals surface area contributed by atoms with Gasteiger partial charge in [-0.25, -0.2) is 0 Å². The number of carbonyl (C=O) groups excluding carboxylic acids is 1. The molecule has 0 fully saturated rings. The standard InChI is InChI=1S/C18H24N2O2/c1-14-4-10-17(22-14)12-13-19-18(21)11-7-15-5-8-16(9-6-15)20(2)3/h4-6,8-10H,7,11-13H2,1-3H3,(H,19,21). The average Bonchev–Trinajstić information content (AvgIpc) is 2.91. The Morgan fingerprint density at radius 2 is 1.82 bits per heavy atom. The van der Waals surface area contributed by atoms with Crippen molar-refractivity contribution in [2.45, 2.75) is 26.2 Å². The van der Waals surface area contributed by atoms with Crippen molar-refractivity contribution in [2.75, 3.05) is 25.5 Å². The molecule has 0 aliphatic heterocycles. The Hall–Kier alpha value is -2.23. The highest BCUT2D eigenvalue weighted by Gasteiger charge is 2.04. The molecule has 0 bridgehead atoms. The van der Waals surface area contributed by atoms with Crippen molar-refractivity contribution in [2.24, 2.45) is 0 Å². The highest BCUT2D eigenvalue weighted by atomic mass is 16.3. The first-order valence-electron chi connectivity index (χ1n) is 7.63. The molecule has 0 saturated heterocycles. The first kappa shape index (κ1) is 16.1. The fraction of sp³-hybridized carbons (Fsp3) is 0.389. The predicted octanol–water partition coefficient (Wildman–Crippen LogP) is 2.95. The molecule has 0 atom stereocenters. The number of amides is 1. The van der Waals surface area contributed by atoms with Gasteiger partial charge in [0, 0.05) is 39.2 Å². The van der Waals surface area contributed by atoms with Gasteiger partial charge in [-0.15, -0.1) is 0 Å². The molecule has 0 unspecified atom stereocenters. The molecule has 0 spiro atoms. The monoisotopic (exact) mass is 300 g/mol. The zero-order valence-electron chi connectivity index (χ0n) is 13.6. The van der Waals surface area contributed by atoms with Crippen LogP contribution in [0.4, 0.5) is 5.69 Å². The van der Waals surface area contributed by atoms with Gasteiger partial charge < -0.3 is 14.6 Å². The van der Waals surface area contributed by atoms with Gasteiger partial charge in [-0.2, -0.15) is 0 Å². The smallest absolute Gasteiger partial charge is 0.220 e. The first-order chi connectivity index (χ1) is 10.5. The van der Waals surface area contributed by atoms with Crippen LogP contribution in [0.1, 0.15) is 23.5 Å². The average molecular weight is 300 g/mol. The van der Waals surface area contributed by atoms with E-state index < -0.39 is 0 Å². The number of anilines is 1. The van der Waals surface area contributed by atoms with E-state index in [0.29, 0.717) is 13.0 Å². The van der Waals surface area contributed by atoms with Crippen molar-refractivity contribution in [3.8, 4) is 0 Å². The van der Waals surface area contributed by atoms with E-state index in [9.17, 15) is 4.79 Å². The molecule has 1 aromatic heterocycles. The Morgan fingerprint density at radius 1 is 1.09 bits per heavy atom. The molecular formula is C18H24N2O2. The summed E-state index contributed by atoms with van der Waals surface area (Å²) in [6.07, 6.45) is 2.01. The molecule has 0 aliphatic rings. The minimum atomic E-state index is 0.0833. The van der Waals surface area contributed by atoms with Crippen molar-refractivity contribution in [3.05, 3.63) is 53.5 Å². The summed E-state index contributed by atoms with van der Waals surface area (Å²) in [5, 5.41) is 2.93. The molecule has 118 valence electrons. The number of furan rings is 1. The SMILES string of the molecule is Cc1ccc(CCNC(=O)CCc2ccc(N(C)C)cc2)o1. The van der Waals surface area contributed by atoms with Crippen molar-refractivity contribution >= 4 is 11.6 Å². The summed E-state index contributed by atoms with van der Waals surface area (Å²) in [6.45, 7) is 2.54. The van der Waals surface area contributed by atoms with Gasteiger partial charge in [-0.3, -0.25) is 4.79 Å². The third kappa shape index (κ3) is 4.95. The van der Waals surface area contributed by atoms with Gasteiger partial charge in [0.15, 0.2) is 0 Å². The van der Waals surface area contributed by atoms with Crippen LogP contribution >= 0.6 is 0 Å². The summed E-state index contributed by atoms with van der Waals surface area (Å²) in [4.78, 5) is 13.9. The predicted molar refractivity (Wildman–Crippen MR) is 89.2 cm³/mol. The number of nitrogens with zero attached hydrogens (tertiary/aromatic N) is 1. The maximum atomic E-state index is 11.8. The van der Waals surface area contributed by atoms with Crippen LogP contribution in [-0.2, 0) is 17.6 Å². The van der Waals surface area contributed by atoms with Crippen LogP contribution in [0, 0.1) is 6.92 Å². The number of hydrogen-bond acceptors (Lipinski definition) is 3. The highest BCUT2D eigenvalue weighted by molar-refractivity contribution is 5.76. The lowest BCUT2D eigenvalue weighted by Crippen LogP contribution is -2.25. The summed E-state index contributed by atoms with van der Waals surface area (Å²) in [5.74, 6) is 1.90. The topological polar surface area (TPSA) is 45.5 Å². The van der Waals surface area contributed by atoms with Crippen molar-refractivity contribution in [3.63, 3.8) is 0 Å². The van der Waals surface area contributed by atoms with E-state index in [1.54, 1.807) is 0 Å². The molecule has 1 aromatic carbocycles. The summed E-state index contributed by atoms with van der Waals surface area (Å²) in [6, 6.07) is 12.2. The fourth-order valence-electron chi connectivity index (χ4n) is 2.25. The van der Waals surface area contributed by atoms with E-state index in [1.165, 1.54) is 11.3 Å². The Bertz CT molecular complexity index is 600. The van der Waals surface area contributed by atoms with Gasteiger partial charge in [0.05, 0.1) is 0 Å². The van der Waals surface area contributed by atoms with Crippen LogP contribution < -0.4 is 10.2 Å². The van der Waals surface area contributed by atoms with E-state index in [2.05, 4.69) is 34.5 Å². The second-order valence-corrected chi connectivity index (χ2v) is 5.67. The van der Waals surface area contributed by atoms with E-state index in [1.807, 2.05) is 33.2 Å². The Morgan fingerprint density at radius 3 is 2.41 bits per heavy atom. The Kier molecular flexibility index (Phi) is 5.64. The highest BCUT2D eigenvalue weighted by Crippen LogP contribution is 2.13. The summed E-state index contributed by atoms with van der Waals surface area (Å²) < 4.78 is 5.47. The lowest BCUT2D eigenvalue weighted by molar-refractivity contribution is -0.121. The van der Waals surface area contributed by atoms with Crippen molar-refractivity contribution < 1.29 is 9.21 Å². The van der Waals surface area contributed by atoms with Crippen LogP contribution in [0.3, 0.4) is 0 Å². The molecule has 4 heteroatoms. The molecule has 1 heterocycles. The molecule has 2 rings (SSSR count). The van der Waals surface area contributed by atoms with Crippen LogP contribution in [0.2, 0.25) is 0 Å². The molecule has 4 nitrogen and oxygen atoms in total. The lowest BCUT2D eigenvalue weighted by Gasteiger charge is -2.12. The Labute approximate surface area is 132 Å². The van der Waals surface area contributed by atoms with E-state index in [0.717, 1.165) is 24.4 Å². The number of hydrogen-bond donors (Lipinski definition) is 1. The quantitative estimate of drug-likeness (QED) is 0.855. The van der Waals surface area contributed by atoms with E-state index in [4.69, 9.17) is 4.42 Å². The number of aryl methyl sites for hydroxylation is 2. The zero-order chi connectivity index (χ0) is 15.9. The minimum absolute atomic E-state index is 0.0833. The number of carbonyl (C=O) groups is 1. The van der Waals surface area contributed by atoms with Gasteiger partial charge in [-0.1, -0.05) is 12.1 Å². The van der Waals surface area contributed by atoms with Gasteiger partial charge in [0.25, 0.3) is 0 Å². The number of benzene rings is 1. The van der Waals surface area contributed by atoms with Crippen LogP contribution in [0.5, 0.6) is 0 Å². The van der Waals surface area contributed by atoms with Crippen molar-refractivity contribution in [1.82, 2.24) is 5.32 Å². The zero-order valence-corrected chi connectivity index (χ0v) is 13.6. The second kappa shape index (κ2) is 7.69. The largest absolute Gasteiger partial charge is 0.466 e. The lowest BCUT2D eigenvalue weighted by atomic mass is 10.1. The first-order valence-corrected chi connectivity index (χ1v) is 7.63. The molecule has 22 heavy (non-hydrogen) atoms. The maximum Gasteiger partial charge on any atom is 0.220 e. The third-order valence-corrected chi connectivity index (χ3v) is 3.58. The van der Waals surface area contributed by atoms with E-state index >= 15 is 0 Å².